The SMILES string of the molecule is CCNC(=NCc1ncccc1C)NCC(C)(O)c1ccc(C)o1. The molecule has 0 aromatic carbocycles. The Morgan fingerprint density at radius 1 is 1.29 bits per heavy atom. The van der Waals surface area contributed by atoms with E-state index in [9.17, 15) is 5.11 Å². The van der Waals surface area contributed by atoms with E-state index in [0.29, 0.717) is 18.3 Å². The van der Waals surface area contributed by atoms with Gasteiger partial charge >= 0.3 is 0 Å². The summed E-state index contributed by atoms with van der Waals surface area (Å²) in [7, 11) is 0. The maximum Gasteiger partial charge on any atom is 0.191 e. The lowest BCUT2D eigenvalue weighted by Gasteiger charge is -2.22. The van der Waals surface area contributed by atoms with Crippen molar-refractivity contribution in [3.63, 3.8) is 0 Å². The zero-order valence-corrected chi connectivity index (χ0v) is 14.8. The van der Waals surface area contributed by atoms with Gasteiger partial charge in [-0.2, -0.15) is 0 Å². The van der Waals surface area contributed by atoms with Crippen molar-refractivity contribution in [1.29, 1.82) is 0 Å². The van der Waals surface area contributed by atoms with E-state index in [0.717, 1.165) is 23.6 Å². The summed E-state index contributed by atoms with van der Waals surface area (Å²) in [6.07, 6.45) is 1.77. The van der Waals surface area contributed by atoms with Crippen LogP contribution in [0.1, 0.15) is 36.6 Å². The van der Waals surface area contributed by atoms with Gasteiger partial charge in [-0.1, -0.05) is 6.07 Å². The molecule has 0 bridgehead atoms. The van der Waals surface area contributed by atoms with E-state index >= 15 is 0 Å². The molecule has 6 nitrogen and oxygen atoms in total. The molecular weight excluding hydrogens is 304 g/mol. The predicted molar refractivity (Wildman–Crippen MR) is 94.8 cm³/mol. The molecule has 0 amide bonds. The van der Waals surface area contributed by atoms with E-state index in [1.165, 1.54) is 0 Å². The second-order valence-corrected chi connectivity index (χ2v) is 6.00. The van der Waals surface area contributed by atoms with Crippen LogP contribution in [0, 0.1) is 13.8 Å². The van der Waals surface area contributed by atoms with Gasteiger partial charge in [0, 0.05) is 12.7 Å². The maximum atomic E-state index is 10.6. The third-order valence-electron chi connectivity index (χ3n) is 3.72. The third kappa shape index (κ3) is 4.83. The van der Waals surface area contributed by atoms with Crippen LogP contribution < -0.4 is 10.6 Å². The number of rotatable bonds is 6. The van der Waals surface area contributed by atoms with Crippen LogP contribution in [0.2, 0.25) is 0 Å². The molecule has 2 aromatic rings. The van der Waals surface area contributed by atoms with Gasteiger partial charge in [-0.3, -0.25) is 4.98 Å². The van der Waals surface area contributed by atoms with Crippen molar-refractivity contribution < 1.29 is 9.52 Å². The van der Waals surface area contributed by atoms with Gasteiger partial charge in [0.1, 0.15) is 17.1 Å². The minimum Gasteiger partial charge on any atom is -0.463 e. The van der Waals surface area contributed by atoms with Crippen LogP contribution in [-0.2, 0) is 12.1 Å². The molecule has 1 unspecified atom stereocenters. The number of aliphatic imine (C=N–C) groups is 1. The summed E-state index contributed by atoms with van der Waals surface area (Å²) in [5.41, 5.74) is 0.920. The topological polar surface area (TPSA) is 82.7 Å². The molecule has 6 heteroatoms. The normalized spacial score (nSPS) is 14.3. The largest absolute Gasteiger partial charge is 0.463 e. The lowest BCUT2D eigenvalue weighted by molar-refractivity contribution is 0.0378. The number of hydrogen-bond acceptors (Lipinski definition) is 4. The van der Waals surface area contributed by atoms with Crippen molar-refractivity contribution in [2.45, 2.75) is 39.8 Å². The molecular formula is C18H26N4O2. The Morgan fingerprint density at radius 2 is 2.08 bits per heavy atom. The Hall–Kier alpha value is -2.34. The molecule has 0 aliphatic carbocycles. The predicted octanol–water partition coefficient (Wildman–Crippen LogP) is 2.25. The Morgan fingerprint density at radius 3 is 2.71 bits per heavy atom. The summed E-state index contributed by atoms with van der Waals surface area (Å²) >= 11 is 0. The van der Waals surface area contributed by atoms with Gasteiger partial charge in [0.2, 0.25) is 0 Å². The zero-order chi connectivity index (χ0) is 17.6. The Balaban J connectivity index is 2.02. The molecule has 0 saturated carbocycles. The zero-order valence-electron chi connectivity index (χ0n) is 14.8. The highest BCUT2D eigenvalue weighted by Crippen LogP contribution is 2.21. The number of nitrogens with zero attached hydrogens (tertiary/aromatic N) is 2. The fraction of sp³-hybridized carbons (Fsp3) is 0.444. The van der Waals surface area contributed by atoms with Gasteiger partial charge in [0.25, 0.3) is 0 Å². The van der Waals surface area contributed by atoms with Crippen LogP contribution in [0.4, 0.5) is 0 Å². The first-order chi connectivity index (χ1) is 11.4. The van der Waals surface area contributed by atoms with Crippen molar-refractivity contribution in [2.75, 3.05) is 13.1 Å². The molecule has 24 heavy (non-hydrogen) atoms. The molecule has 2 rings (SSSR count). The van der Waals surface area contributed by atoms with Crippen molar-refractivity contribution in [2.24, 2.45) is 4.99 Å². The van der Waals surface area contributed by atoms with Crippen LogP contribution in [0.3, 0.4) is 0 Å². The summed E-state index contributed by atoms with van der Waals surface area (Å²) < 4.78 is 5.53. The Labute approximate surface area is 143 Å². The van der Waals surface area contributed by atoms with Gasteiger partial charge in [-0.05, 0) is 51.5 Å². The average molecular weight is 330 g/mol. The molecule has 0 fully saturated rings. The fourth-order valence-corrected chi connectivity index (χ4v) is 2.25. The summed E-state index contributed by atoms with van der Waals surface area (Å²) in [4.78, 5) is 8.88. The van der Waals surface area contributed by atoms with Crippen LogP contribution in [-0.4, -0.2) is 29.1 Å². The minimum absolute atomic E-state index is 0.285. The number of aromatic nitrogens is 1. The van der Waals surface area contributed by atoms with E-state index in [1.54, 1.807) is 19.2 Å². The summed E-state index contributed by atoms with van der Waals surface area (Å²) in [5.74, 6) is 1.94. The second kappa shape index (κ2) is 7.97. The summed E-state index contributed by atoms with van der Waals surface area (Å²) in [5, 5.41) is 16.9. The van der Waals surface area contributed by atoms with E-state index < -0.39 is 5.60 Å². The van der Waals surface area contributed by atoms with Gasteiger partial charge in [-0.15, -0.1) is 0 Å². The van der Waals surface area contributed by atoms with Gasteiger partial charge in [0.15, 0.2) is 5.96 Å². The van der Waals surface area contributed by atoms with Crippen LogP contribution >= 0.6 is 0 Å². The molecule has 0 aliphatic rings. The standard InChI is InChI=1S/C18H26N4O2/c1-5-19-17(21-11-15-13(2)7-6-10-20-15)22-12-18(4,23)16-9-8-14(3)24-16/h6-10,23H,5,11-12H2,1-4H3,(H2,19,21,22). The van der Waals surface area contributed by atoms with Crippen molar-refractivity contribution in [3.8, 4) is 0 Å². The molecule has 1 atom stereocenters. The second-order valence-electron chi connectivity index (χ2n) is 6.00. The Kier molecular flexibility index (Phi) is 5.98. The van der Waals surface area contributed by atoms with E-state index in [4.69, 9.17) is 4.42 Å². The number of furan rings is 1. The molecule has 2 heterocycles. The summed E-state index contributed by atoms with van der Waals surface area (Å²) in [6.45, 7) is 9.07. The highest BCUT2D eigenvalue weighted by Gasteiger charge is 2.27. The number of guanidine groups is 1. The molecule has 0 radical (unpaired) electrons. The minimum atomic E-state index is -1.12. The van der Waals surface area contributed by atoms with Crippen LogP contribution in [0.15, 0.2) is 39.9 Å². The highest BCUT2D eigenvalue weighted by molar-refractivity contribution is 5.79. The molecule has 3 N–H and O–H groups in total. The highest BCUT2D eigenvalue weighted by atomic mass is 16.4. The Bertz CT molecular complexity index is 692. The monoisotopic (exact) mass is 330 g/mol. The number of aliphatic hydroxyl groups is 1. The quantitative estimate of drug-likeness (QED) is 0.559. The smallest absolute Gasteiger partial charge is 0.191 e. The first-order valence-corrected chi connectivity index (χ1v) is 8.14. The summed E-state index contributed by atoms with van der Waals surface area (Å²) in [6, 6.07) is 7.56. The van der Waals surface area contributed by atoms with Gasteiger partial charge in [0.05, 0.1) is 18.8 Å². The van der Waals surface area contributed by atoms with Gasteiger partial charge in [-0.25, -0.2) is 4.99 Å². The van der Waals surface area contributed by atoms with E-state index in [1.807, 2.05) is 39.0 Å². The number of hydrogen-bond donors (Lipinski definition) is 3. The number of nitrogens with one attached hydrogen (secondary N) is 2. The van der Waals surface area contributed by atoms with Crippen LogP contribution in [0.5, 0.6) is 0 Å². The maximum absolute atomic E-state index is 10.6. The first kappa shape index (κ1) is 18.0. The molecule has 0 aliphatic heterocycles. The third-order valence-corrected chi connectivity index (χ3v) is 3.72. The average Bonchev–Trinajstić information content (AvgIpc) is 2.99. The lowest BCUT2D eigenvalue weighted by atomic mass is 10.0. The van der Waals surface area contributed by atoms with Crippen molar-refractivity contribution >= 4 is 5.96 Å². The van der Waals surface area contributed by atoms with E-state index in [2.05, 4.69) is 20.6 Å². The molecule has 0 saturated heterocycles. The van der Waals surface area contributed by atoms with Crippen LogP contribution in [0.25, 0.3) is 0 Å². The van der Waals surface area contributed by atoms with Gasteiger partial charge < -0.3 is 20.2 Å². The lowest BCUT2D eigenvalue weighted by Crippen LogP contribution is -2.44. The molecule has 0 spiro atoms. The van der Waals surface area contributed by atoms with E-state index in [-0.39, 0.29) is 6.54 Å². The van der Waals surface area contributed by atoms with Crippen molar-refractivity contribution in [3.05, 3.63) is 53.2 Å². The first-order valence-electron chi connectivity index (χ1n) is 8.14. The molecule has 130 valence electrons. The number of aryl methyl sites for hydroxylation is 2. The number of pyridine rings is 1. The van der Waals surface area contributed by atoms with Crippen molar-refractivity contribution in [1.82, 2.24) is 15.6 Å². The fourth-order valence-electron chi connectivity index (χ4n) is 2.25. The molecule has 2 aromatic heterocycles.